The SMILES string of the molecule is Cc1csc(N2CCN(C(=O)c3scnc3Cl)CC2)n1. The molecule has 0 bridgehead atoms. The first-order valence-corrected chi connectivity index (χ1v) is 8.34. The third kappa shape index (κ3) is 2.65. The van der Waals surface area contributed by atoms with Crippen molar-refractivity contribution < 1.29 is 4.79 Å². The summed E-state index contributed by atoms with van der Waals surface area (Å²) in [6.07, 6.45) is 0. The Bertz CT molecular complexity index is 619. The molecule has 0 N–H and O–H groups in total. The minimum absolute atomic E-state index is 0.0209. The molecule has 3 rings (SSSR count). The standard InChI is InChI=1S/C12H13ClN4OS2/c1-8-6-19-12(15-8)17-4-2-16(3-5-17)11(18)9-10(13)14-7-20-9/h6-7H,2-5H2,1H3. The summed E-state index contributed by atoms with van der Waals surface area (Å²) in [5.41, 5.74) is 2.64. The van der Waals surface area contributed by atoms with Crippen molar-refractivity contribution in [1.29, 1.82) is 0 Å². The van der Waals surface area contributed by atoms with Gasteiger partial charge in [0.25, 0.3) is 5.91 Å². The van der Waals surface area contributed by atoms with Crippen LogP contribution in [-0.4, -0.2) is 47.0 Å². The first kappa shape index (κ1) is 13.8. The fraction of sp³-hybridized carbons (Fsp3) is 0.417. The number of hydrogen-bond acceptors (Lipinski definition) is 6. The molecule has 2 aromatic heterocycles. The molecule has 1 saturated heterocycles. The Morgan fingerprint density at radius 3 is 2.60 bits per heavy atom. The van der Waals surface area contributed by atoms with Crippen LogP contribution in [0.3, 0.4) is 0 Å². The second-order valence-corrected chi connectivity index (χ2v) is 6.57. The lowest BCUT2D eigenvalue weighted by Crippen LogP contribution is -2.48. The van der Waals surface area contributed by atoms with Crippen LogP contribution >= 0.6 is 34.3 Å². The highest BCUT2D eigenvalue weighted by Crippen LogP contribution is 2.24. The van der Waals surface area contributed by atoms with E-state index in [-0.39, 0.29) is 5.91 Å². The molecule has 0 spiro atoms. The molecule has 0 atom stereocenters. The summed E-state index contributed by atoms with van der Waals surface area (Å²) in [6, 6.07) is 0. The molecule has 5 nitrogen and oxygen atoms in total. The lowest BCUT2D eigenvalue weighted by atomic mass is 10.3. The van der Waals surface area contributed by atoms with Gasteiger partial charge in [-0.3, -0.25) is 4.79 Å². The summed E-state index contributed by atoms with van der Waals surface area (Å²) >= 11 is 8.86. The normalized spacial score (nSPS) is 15.7. The zero-order valence-electron chi connectivity index (χ0n) is 10.9. The van der Waals surface area contributed by atoms with Gasteiger partial charge in [-0.15, -0.1) is 22.7 Å². The summed E-state index contributed by atoms with van der Waals surface area (Å²) in [6.45, 7) is 4.97. The van der Waals surface area contributed by atoms with Gasteiger partial charge in [-0.1, -0.05) is 11.6 Å². The van der Waals surface area contributed by atoms with Crippen molar-refractivity contribution in [3.63, 3.8) is 0 Å². The Kier molecular flexibility index (Phi) is 3.91. The predicted octanol–water partition coefficient (Wildman–Crippen LogP) is 2.52. The van der Waals surface area contributed by atoms with Crippen LogP contribution < -0.4 is 4.90 Å². The van der Waals surface area contributed by atoms with Crippen molar-refractivity contribution in [3.8, 4) is 0 Å². The number of amides is 1. The van der Waals surface area contributed by atoms with E-state index >= 15 is 0 Å². The molecule has 1 fully saturated rings. The molecular formula is C12H13ClN4OS2. The smallest absolute Gasteiger partial charge is 0.267 e. The molecule has 0 saturated carbocycles. The van der Waals surface area contributed by atoms with Gasteiger partial charge in [0, 0.05) is 31.6 Å². The lowest BCUT2D eigenvalue weighted by molar-refractivity contribution is 0.0751. The number of thiazole rings is 2. The van der Waals surface area contributed by atoms with Crippen LogP contribution in [0, 0.1) is 6.92 Å². The number of hydrogen-bond donors (Lipinski definition) is 0. The number of piperazine rings is 1. The van der Waals surface area contributed by atoms with Gasteiger partial charge in [0.2, 0.25) is 0 Å². The highest BCUT2D eigenvalue weighted by Gasteiger charge is 2.25. The number of aromatic nitrogens is 2. The van der Waals surface area contributed by atoms with Gasteiger partial charge in [0.15, 0.2) is 10.3 Å². The maximum atomic E-state index is 12.3. The van der Waals surface area contributed by atoms with Crippen molar-refractivity contribution in [2.24, 2.45) is 0 Å². The molecule has 3 heterocycles. The average molecular weight is 329 g/mol. The minimum Gasteiger partial charge on any atom is -0.345 e. The van der Waals surface area contributed by atoms with Gasteiger partial charge in [0.05, 0.1) is 11.2 Å². The maximum absolute atomic E-state index is 12.3. The van der Waals surface area contributed by atoms with E-state index in [1.54, 1.807) is 16.8 Å². The third-order valence-corrected chi connectivity index (χ3v) is 5.39. The summed E-state index contributed by atoms with van der Waals surface area (Å²) < 4.78 is 0. The van der Waals surface area contributed by atoms with E-state index in [2.05, 4.69) is 14.9 Å². The molecule has 20 heavy (non-hydrogen) atoms. The average Bonchev–Trinajstić information content (AvgIpc) is 3.07. The van der Waals surface area contributed by atoms with E-state index < -0.39 is 0 Å². The molecule has 0 radical (unpaired) electrons. The van der Waals surface area contributed by atoms with Gasteiger partial charge in [0.1, 0.15) is 4.88 Å². The second-order valence-electron chi connectivity index (χ2n) is 4.52. The molecule has 8 heteroatoms. The van der Waals surface area contributed by atoms with Crippen LogP contribution in [-0.2, 0) is 0 Å². The van der Waals surface area contributed by atoms with Crippen LogP contribution in [0.4, 0.5) is 5.13 Å². The predicted molar refractivity (Wildman–Crippen MR) is 82.1 cm³/mol. The molecule has 2 aromatic rings. The van der Waals surface area contributed by atoms with E-state index in [0.717, 1.165) is 23.9 Å². The quantitative estimate of drug-likeness (QED) is 0.850. The van der Waals surface area contributed by atoms with E-state index in [0.29, 0.717) is 23.1 Å². The van der Waals surface area contributed by atoms with Crippen molar-refractivity contribution in [3.05, 3.63) is 26.6 Å². The Labute approximate surface area is 129 Å². The number of halogens is 1. The van der Waals surface area contributed by atoms with Crippen molar-refractivity contribution in [1.82, 2.24) is 14.9 Å². The van der Waals surface area contributed by atoms with Gasteiger partial charge < -0.3 is 9.80 Å². The Morgan fingerprint density at radius 1 is 1.30 bits per heavy atom. The highest BCUT2D eigenvalue weighted by atomic mass is 35.5. The molecule has 0 unspecified atom stereocenters. The highest BCUT2D eigenvalue weighted by molar-refractivity contribution is 7.13. The molecule has 0 aliphatic carbocycles. The fourth-order valence-electron chi connectivity index (χ4n) is 2.10. The summed E-state index contributed by atoms with van der Waals surface area (Å²) in [7, 11) is 0. The van der Waals surface area contributed by atoms with Gasteiger partial charge in [-0.2, -0.15) is 0 Å². The molecule has 1 amide bonds. The molecule has 106 valence electrons. The lowest BCUT2D eigenvalue weighted by Gasteiger charge is -2.34. The largest absolute Gasteiger partial charge is 0.345 e. The van der Waals surface area contributed by atoms with Crippen LogP contribution in [0.25, 0.3) is 0 Å². The summed E-state index contributed by atoms with van der Waals surface area (Å²) in [5.74, 6) is -0.0209. The van der Waals surface area contributed by atoms with Crippen LogP contribution in [0.2, 0.25) is 5.15 Å². The topological polar surface area (TPSA) is 49.3 Å². The van der Waals surface area contributed by atoms with Crippen LogP contribution in [0.5, 0.6) is 0 Å². The fourth-order valence-corrected chi connectivity index (χ4v) is 3.92. The van der Waals surface area contributed by atoms with E-state index in [1.165, 1.54) is 11.3 Å². The summed E-state index contributed by atoms with van der Waals surface area (Å²) in [4.78, 5) is 25.3. The summed E-state index contributed by atoms with van der Waals surface area (Å²) in [5, 5.41) is 3.38. The van der Waals surface area contributed by atoms with Crippen molar-refractivity contribution >= 4 is 45.3 Å². The Morgan fingerprint density at radius 2 is 2.05 bits per heavy atom. The number of carbonyl (C=O) groups is 1. The van der Waals surface area contributed by atoms with Crippen molar-refractivity contribution in [2.75, 3.05) is 31.1 Å². The zero-order valence-corrected chi connectivity index (χ0v) is 13.3. The van der Waals surface area contributed by atoms with E-state index in [1.807, 2.05) is 17.2 Å². The van der Waals surface area contributed by atoms with Gasteiger partial charge in [-0.25, -0.2) is 9.97 Å². The van der Waals surface area contributed by atoms with Crippen LogP contribution in [0.15, 0.2) is 10.9 Å². The van der Waals surface area contributed by atoms with Gasteiger partial charge in [-0.05, 0) is 6.92 Å². The number of rotatable bonds is 2. The maximum Gasteiger partial charge on any atom is 0.267 e. The second kappa shape index (κ2) is 5.67. The Balaban J connectivity index is 1.64. The molecule has 1 aliphatic rings. The molecule has 0 aromatic carbocycles. The third-order valence-electron chi connectivity index (χ3n) is 3.16. The number of carbonyl (C=O) groups excluding carboxylic acids is 1. The number of anilines is 1. The van der Waals surface area contributed by atoms with Crippen LogP contribution in [0.1, 0.15) is 15.4 Å². The molecule has 1 aliphatic heterocycles. The molecular weight excluding hydrogens is 316 g/mol. The first-order valence-electron chi connectivity index (χ1n) is 6.20. The Hall–Kier alpha value is -1.18. The monoisotopic (exact) mass is 328 g/mol. The van der Waals surface area contributed by atoms with Gasteiger partial charge >= 0.3 is 0 Å². The number of nitrogens with zero attached hydrogens (tertiary/aromatic N) is 4. The zero-order chi connectivity index (χ0) is 14.1. The number of aryl methyl sites for hydroxylation is 1. The van der Waals surface area contributed by atoms with Crippen molar-refractivity contribution in [2.45, 2.75) is 6.92 Å². The van der Waals surface area contributed by atoms with E-state index in [9.17, 15) is 4.79 Å². The first-order chi connectivity index (χ1) is 9.65. The van der Waals surface area contributed by atoms with E-state index in [4.69, 9.17) is 11.6 Å². The minimum atomic E-state index is -0.0209.